The van der Waals surface area contributed by atoms with Crippen LogP contribution in [0.3, 0.4) is 0 Å². The fourth-order valence-electron chi connectivity index (χ4n) is 1.90. The molecule has 2 rings (SSSR count). The van der Waals surface area contributed by atoms with Crippen LogP contribution in [0, 0.1) is 0 Å². The lowest BCUT2D eigenvalue weighted by atomic mass is 10.1. The van der Waals surface area contributed by atoms with Crippen LogP contribution < -0.4 is 11.1 Å². The van der Waals surface area contributed by atoms with Crippen molar-refractivity contribution in [3.05, 3.63) is 34.3 Å². The van der Waals surface area contributed by atoms with E-state index < -0.39 is 6.04 Å². The van der Waals surface area contributed by atoms with Crippen molar-refractivity contribution in [1.82, 2.24) is 10.2 Å². The van der Waals surface area contributed by atoms with Crippen molar-refractivity contribution in [2.24, 2.45) is 5.73 Å². The molecule has 1 atom stereocenters. The van der Waals surface area contributed by atoms with Crippen molar-refractivity contribution < 1.29 is 4.79 Å². The molecule has 1 amide bonds. The lowest BCUT2D eigenvalue weighted by molar-refractivity contribution is -0.117. The van der Waals surface area contributed by atoms with Gasteiger partial charge < -0.3 is 11.1 Å². The summed E-state index contributed by atoms with van der Waals surface area (Å²) in [6, 6.07) is 7.36. The van der Waals surface area contributed by atoms with E-state index >= 15 is 0 Å². The van der Waals surface area contributed by atoms with Crippen molar-refractivity contribution in [1.29, 1.82) is 0 Å². The van der Waals surface area contributed by atoms with Gasteiger partial charge in [0.2, 0.25) is 5.91 Å². The lowest BCUT2D eigenvalue weighted by Gasteiger charge is -2.07. The molecule has 0 unspecified atom stereocenters. The number of carbonyl (C=O) groups excluding carboxylic acids is 1. The third kappa shape index (κ3) is 4.06. The van der Waals surface area contributed by atoms with Crippen LogP contribution in [0.5, 0.6) is 0 Å². The Labute approximate surface area is 138 Å². The van der Waals surface area contributed by atoms with Gasteiger partial charge in [-0.15, -0.1) is 12.4 Å². The molecule has 0 aliphatic carbocycles. The Kier molecular flexibility index (Phi) is 6.39. The molecule has 0 aliphatic rings. The predicted octanol–water partition coefficient (Wildman–Crippen LogP) is 3.11. The van der Waals surface area contributed by atoms with Crippen LogP contribution in [0.4, 0.5) is 5.82 Å². The monoisotopic (exact) mass is 372 g/mol. The van der Waals surface area contributed by atoms with Gasteiger partial charge in [-0.3, -0.25) is 9.89 Å². The smallest absolute Gasteiger partial charge is 0.242 e. The average Bonchev–Trinajstić information content (AvgIpc) is 2.82. The summed E-state index contributed by atoms with van der Waals surface area (Å²) < 4.78 is 1.02. The number of halogens is 2. The molecule has 2 aromatic rings. The molecular weight excluding hydrogens is 356 g/mol. The molecule has 0 aliphatic heterocycles. The summed E-state index contributed by atoms with van der Waals surface area (Å²) >= 11 is 3.41. The van der Waals surface area contributed by atoms with Gasteiger partial charge in [0.15, 0.2) is 5.82 Å². The number of nitrogens with two attached hydrogens (primary N) is 1. The Bertz CT molecular complexity index is 610. The van der Waals surface area contributed by atoms with Gasteiger partial charge >= 0.3 is 0 Å². The first-order valence-corrected chi connectivity index (χ1v) is 7.21. The number of benzene rings is 1. The van der Waals surface area contributed by atoms with E-state index in [0.717, 1.165) is 27.7 Å². The molecule has 4 N–H and O–H groups in total. The third-order valence-corrected chi connectivity index (χ3v) is 3.54. The number of rotatable bonds is 4. The lowest BCUT2D eigenvalue weighted by Crippen LogP contribution is -2.32. The van der Waals surface area contributed by atoms with E-state index in [2.05, 4.69) is 31.4 Å². The normalized spacial score (nSPS) is 11.6. The summed E-state index contributed by atoms with van der Waals surface area (Å²) in [5.41, 5.74) is 8.47. The number of hydrogen-bond donors (Lipinski definition) is 3. The highest BCUT2D eigenvalue weighted by Crippen LogP contribution is 2.28. The van der Waals surface area contributed by atoms with Gasteiger partial charge in [0, 0.05) is 10.0 Å². The molecule has 1 aromatic carbocycles. The highest BCUT2D eigenvalue weighted by molar-refractivity contribution is 9.10. The van der Waals surface area contributed by atoms with E-state index in [0.29, 0.717) is 5.82 Å². The van der Waals surface area contributed by atoms with E-state index in [1.54, 1.807) is 6.92 Å². The minimum Gasteiger partial charge on any atom is -0.320 e. The van der Waals surface area contributed by atoms with E-state index in [-0.39, 0.29) is 18.3 Å². The first-order valence-electron chi connectivity index (χ1n) is 6.42. The molecule has 5 nitrogen and oxygen atoms in total. The highest BCUT2D eigenvalue weighted by Gasteiger charge is 2.16. The van der Waals surface area contributed by atoms with Crippen LogP contribution >= 0.6 is 28.3 Å². The summed E-state index contributed by atoms with van der Waals surface area (Å²) in [6.45, 7) is 3.66. The van der Waals surface area contributed by atoms with Crippen LogP contribution in [0.2, 0.25) is 0 Å². The second-order valence-corrected chi connectivity index (χ2v) is 5.48. The van der Waals surface area contributed by atoms with Crippen LogP contribution in [-0.4, -0.2) is 22.1 Å². The molecule has 1 aromatic heterocycles. The molecule has 0 spiro atoms. The molecule has 0 bridgehead atoms. The van der Waals surface area contributed by atoms with E-state index in [1.807, 2.05) is 31.2 Å². The van der Waals surface area contributed by atoms with E-state index in [1.165, 1.54) is 0 Å². The predicted molar refractivity (Wildman–Crippen MR) is 90.6 cm³/mol. The zero-order chi connectivity index (χ0) is 14.7. The summed E-state index contributed by atoms with van der Waals surface area (Å²) in [5, 5.41) is 9.92. The maximum atomic E-state index is 11.7. The van der Waals surface area contributed by atoms with Gasteiger partial charge in [0.05, 0.1) is 11.7 Å². The highest BCUT2D eigenvalue weighted by atomic mass is 79.9. The fraction of sp³-hybridized carbons (Fsp3) is 0.286. The minimum absolute atomic E-state index is 0. The largest absolute Gasteiger partial charge is 0.320 e. The molecule has 0 fully saturated rings. The number of aromatic amines is 1. The first kappa shape index (κ1) is 17.7. The van der Waals surface area contributed by atoms with Crippen LogP contribution in [-0.2, 0) is 11.2 Å². The zero-order valence-electron chi connectivity index (χ0n) is 11.8. The third-order valence-electron chi connectivity index (χ3n) is 3.01. The van der Waals surface area contributed by atoms with Crippen molar-refractivity contribution in [3.8, 4) is 11.3 Å². The maximum Gasteiger partial charge on any atom is 0.242 e. The van der Waals surface area contributed by atoms with Gasteiger partial charge in [0.25, 0.3) is 0 Å². The summed E-state index contributed by atoms with van der Waals surface area (Å²) in [4.78, 5) is 11.7. The summed E-state index contributed by atoms with van der Waals surface area (Å²) in [6.07, 6.45) is 0.760. The number of amides is 1. The Morgan fingerprint density at radius 1 is 1.43 bits per heavy atom. The first-order chi connectivity index (χ1) is 9.52. The summed E-state index contributed by atoms with van der Waals surface area (Å²) in [5.74, 6) is 0.307. The zero-order valence-corrected chi connectivity index (χ0v) is 14.2. The molecular formula is C14H18BrClN4O. The molecule has 1 heterocycles. The Morgan fingerprint density at radius 3 is 2.57 bits per heavy atom. The Balaban J connectivity index is 0.00000220. The second-order valence-electron chi connectivity index (χ2n) is 4.56. The fourth-order valence-corrected chi connectivity index (χ4v) is 2.16. The van der Waals surface area contributed by atoms with Crippen molar-refractivity contribution >= 4 is 40.1 Å². The molecule has 114 valence electrons. The number of hydrogen-bond acceptors (Lipinski definition) is 3. The quantitative estimate of drug-likeness (QED) is 0.770. The topological polar surface area (TPSA) is 83.8 Å². The maximum absolute atomic E-state index is 11.7. The number of carbonyl (C=O) groups is 1. The van der Waals surface area contributed by atoms with Crippen molar-refractivity contribution in [2.45, 2.75) is 26.3 Å². The SMILES string of the molecule is CCc1c(NC(=O)[C@H](C)N)n[nH]c1-c1ccc(Br)cc1.Cl. The van der Waals surface area contributed by atoms with Gasteiger partial charge in [-0.1, -0.05) is 35.0 Å². The minimum atomic E-state index is -0.562. The molecule has 0 saturated heterocycles. The van der Waals surface area contributed by atoms with Crippen molar-refractivity contribution in [3.63, 3.8) is 0 Å². The van der Waals surface area contributed by atoms with Crippen LogP contribution in [0.1, 0.15) is 19.4 Å². The average molecular weight is 374 g/mol. The Hall–Kier alpha value is -1.37. The van der Waals surface area contributed by atoms with Gasteiger partial charge in [-0.2, -0.15) is 5.10 Å². The molecule has 0 radical (unpaired) electrons. The van der Waals surface area contributed by atoms with Crippen LogP contribution in [0.25, 0.3) is 11.3 Å². The number of nitrogens with zero attached hydrogens (tertiary/aromatic N) is 1. The molecule has 21 heavy (non-hydrogen) atoms. The van der Waals surface area contributed by atoms with Gasteiger partial charge in [0.1, 0.15) is 0 Å². The van der Waals surface area contributed by atoms with Gasteiger partial charge in [-0.05, 0) is 31.0 Å². The number of anilines is 1. The second kappa shape index (κ2) is 7.59. The van der Waals surface area contributed by atoms with E-state index in [4.69, 9.17) is 5.73 Å². The molecule has 0 saturated carbocycles. The number of H-pyrrole nitrogens is 1. The number of aromatic nitrogens is 2. The molecule has 7 heteroatoms. The van der Waals surface area contributed by atoms with Crippen LogP contribution in [0.15, 0.2) is 28.7 Å². The number of nitrogens with one attached hydrogen (secondary N) is 2. The van der Waals surface area contributed by atoms with E-state index in [9.17, 15) is 4.79 Å². The summed E-state index contributed by atoms with van der Waals surface area (Å²) in [7, 11) is 0. The standard InChI is InChI=1S/C14H17BrN4O.ClH/c1-3-11-12(9-4-6-10(15)7-5-9)18-19-13(11)17-14(20)8(2)16;/h4-8H,3,16H2,1-2H3,(H2,17,18,19,20);1H/t8-;/m0./s1. The van der Waals surface area contributed by atoms with Gasteiger partial charge in [-0.25, -0.2) is 0 Å². The van der Waals surface area contributed by atoms with Crippen molar-refractivity contribution in [2.75, 3.05) is 5.32 Å². The Morgan fingerprint density at radius 2 is 2.05 bits per heavy atom.